The van der Waals surface area contributed by atoms with Crippen molar-refractivity contribution in [2.45, 2.75) is 25.5 Å². The number of aliphatic hydroxyl groups excluding tert-OH is 1. The summed E-state index contributed by atoms with van der Waals surface area (Å²) in [6.07, 6.45) is 1.11. The highest BCUT2D eigenvalue weighted by Gasteiger charge is 2.27. The maximum absolute atomic E-state index is 13.0. The van der Waals surface area contributed by atoms with Gasteiger partial charge in [-0.25, -0.2) is 0 Å². The maximum atomic E-state index is 13.0. The Morgan fingerprint density at radius 3 is 2.60 bits per heavy atom. The van der Waals surface area contributed by atoms with Gasteiger partial charge in [0.15, 0.2) is 0 Å². The van der Waals surface area contributed by atoms with E-state index in [4.69, 9.17) is 0 Å². The molecule has 4 nitrogen and oxygen atoms in total. The second-order valence-corrected chi connectivity index (χ2v) is 7.08. The fourth-order valence-corrected chi connectivity index (χ4v) is 3.85. The van der Waals surface area contributed by atoms with Crippen LogP contribution in [0.15, 0.2) is 47.2 Å². The van der Waals surface area contributed by atoms with E-state index < -0.39 is 6.10 Å². The predicted octanol–water partition coefficient (Wildman–Crippen LogP) is 3.23. The lowest BCUT2D eigenvalue weighted by atomic mass is 9.96. The molecule has 1 atom stereocenters. The zero-order valence-corrected chi connectivity index (χ0v) is 15.8. The molecular formula is C19H25ClN2O2S. The van der Waals surface area contributed by atoms with Crippen LogP contribution in [0, 0.1) is 5.92 Å². The number of piperidine rings is 1. The van der Waals surface area contributed by atoms with Gasteiger partial charge < -0.3 is 15.3 Å². The van der Waals surface area contributed by atoms with Crippen molar-refractivity contribution in [2.24, 2.45) is 5.92 Å². The summed E-state index contributed by atoms with van der Waals surface area (Å²) in [4.78, 5) is 14.8. The molecule has 25 heavy (non-hydrogen) atoms. The molecule has 1 amide bonds. The number of nitrogens with one attached hydrogen (secondary N) is 1. The molecule has 0 bridgehead atoms. The van der Waals surface area contributed by atoms with Crippen LogP contribution in [-0.2, 0) is 11.3 Å². The van der Waals surface area contributed by atoms with E-state index in [9.17, 15) is 9.90 Å². The summed E-state index contributed by atoms with van der Waals surface area (Å²) in [5, 5.41) is 17.7. The van der Waals surface area contributed by atoms with Crippen LogP contribution < -0.4 is 5.32 Å². The number of hydrogen-bond donors (Lipinski definition) is 2. The molecular weight excluding hydrogens is 356 g/mol. The molecule has 2 N–H and O–H groups in total. The van der Waals surface area contributed by atoms with Gasteiger partial charge in [-0.15, -0.1) is 12.4 Å². The van der Waals surface area contributed by atoms with E-state index in [1.165, 1.54) is 0 Å². The van der Waals surface area contributed by atoms with Gasteiger partial charge >= 0.3 is 0 Å². The van der Waals surface area contributed by atoms with Crippen molar-refractivity contribution in [1.29, 1.82) is 0 Å². The second kappa shape index (κ2) is 9.92. The quantitative estimate of drug-likeness (QED) is 0.808. The number of carbonyl (C=O) groups is 1. The largest absolute Gasteiger partial charge is 0.387 e. The number of nitrogens with zero attached hydrogens (tertiary/aromatic N) is 1. The van der Waals surface area contributed by atoms with Gasteiger partial charge in [0.2, 0.25) is 5.91 Å². The molecule has 136 valence electrons. The molecule has 1 aromatic carbocycles. The topological polar surface area (TPSA) is 52.6 Å². The molecule has 2 heterocycles. The Bertz CT molecular complexity index is 630. The number of carbonyl (C=O) groups excluding carboxylic acids is 1. The monoisotopic (exact) mass is 380 g/mol. The minimum Gasteiger partial charge on any atom is -0.387 e. The average Bonchev–Trinajstić information content (AvgIpc) is 3.17. The zero-order chi connectivity index (χ0) is 16.8. The maximum Gasteiger partial charge on any atom is 0.226 e. The van der Waals surface area contributed by atoms with Gasteiger partial charge in [-0.05, 0) is 53.9 Å². The van der Waals surface area contributed by atoms with Crippen molar-refractivity contribution in [1.82, 2.24) is 10.2 Å². The number of benzene rings is 1. The minimum absolute atomic E-state index is 0. The summed E-state index contributed by atoms with van der Waals surface area (Å²) in [6.45, 7) is 2.67. The third kappa shape index (κ3) is 5.54. The Morgan fingerprint density at radius 1 is 1.24 bits per heavy atom. The molecule has 1 saturated heterocycles. The van der Waals surface area contributed by atoms with E-state index in [0.717, 1.165) is 37.1 Å². The Kier molecular flexibility index (Phi) is 7.90. The molecule has 1 aliphatic heterocycles. The Labute approximate surface area is 159 Å². The Balaban J connectivity index is 0.00000225. The summed E-state index contributed by atoms with van der Waals surface area (Å²) in [6, 6.07) is 11.9. The number of rotatable bonds is 6. The molecule has 1 aromatic heterocycles. The van der Waals surface area contributed by atoms with Gasteiger partial charge in [0.25, 0.3) is 0 Å². The lowest BCUT2D eigenvalue weighted by Gasteiger charge is -2.31. The van der Waals surface area contributed by atoms with Crippen molar-refractivity contribution >= 4 is 29.7 Å². The van der Waals surface area contributed by atoms with Crippen LogP contribution in [0.3, 0.4) is 0 Å². The zero-order valence-electron chi connectivity index (χ0n) is 14.1. The minimum atomic E-state index is -0.634. The van der Waals surface area contributed by atoms with Crippen LogP contribution in [0.2, 0.25) is 0 Å². The SMILES string of the molecule is Cl.O=C(C1CCNCC1)N(Cc1ccccc1)CC(O)c1ccsc1. The molecule has 0 saturated carbocycles. The number of aliphatic hydroxyl groups is 1. The van der Waals surface area contributed by atoms with Gasteiger partial charge in [-0.2, -0.15) is 11.3 Å². The number of amides is 1. The highest BCUT2D eigenvalue weighted by Crippen LogP contribution is 2.22. The number of halogens is 1. The highest BCUT2D eigenvalue weighted by molar-refractivity contribution is 7.07. The van der Waals surface area contributed by atoms with Gasteiger partial charge in [0.05, 0.1) is 12.6 Å². The van der Waals surface area contributed by atoms with E-state index in [1.807, 2.05) is 52.1 Å². The molecule has 0 spiro atoms. The summed E-state index contributed by atoms with van der Waals surface area (Å²) in [5.41, 5.74) is 1.98. The lowest BCUT2D eigenvalue weighted by molar-refractivity contribution is -0.138. The molecule has 6 heteroatoms. The first-order chi connectivity index (χ1) is 11.7. The van der Waals surface area contributed by atoms with E-state index in [2.05, 4.69) is 5.32 Å². The van der Waals surface area contributed by atoms with Crippen molar-refractivity contribution < 1.29 is 9.90 Å². The molecule has 1 unspecified atom stereocenters. The lowest BCUT2D eigenvalue weighted by Crippen LogP contribution is -2.42. The smallest absolute Gasteiger partial charge is 0.226 e. The molecule has 3 rings (SSSR count). The van der Waals surface area contributed by atoms with Crippen LogP contribution in [-0.4, -0.2) is 35.5 Å². The molecule has 1 aliphatic rings. The normalized spacial score (nSPS) is 16.0. The van der Waals surface area contributed by atoms with Crippen molar-refractivity contribution in [2.75, 3.05) is 19.6 Å². The molecule has 1 fully saturated rings. The Hall–Kier alpha value is -1.40. The fraction of sp³-hybridized carbons (Fsp3) is 0.421. The first-order valence-electron chi connectivity index (χ1n) is 8.47. The van der Waals surface area contributed by atoms with E-state index in [1.54, 1.807) is 11.3 Å². The van der Waals surface area contributed by atoms with Crippen LogP contribution in [0.25, 0.3) is 0 Å². The standard InChI is InChI=1S/C19H24N2O2S.ClH/c22-18(17-8-11-24-14-17)13-21(12-15-4-2-1-3-5-15)19(23)16-6-9-20-10-7-16;/h1-5,8,11,14,16,18,20,22H,6-7,9-10,12-13H2;1H. The fourth-order valence-electron chi connectivity index (χ4n) is 3.14. The van der Waals surface area contributed by atoms with Crippen LogP contribution >= 0.6 is 23.7 Å². The third-order valence-electron chi connectivity index (χ3n) is 4.54. The second-order valence-electron chi connectivity index (χ2n) is 6.30. The van der Waals surface area contributed by atoms with Gasteiger partial charge in [-0.1, -0.05) is 30.3 Å². The molecule has 0 radical (unpaired) electrons. The first-order valence-corrected chi connectivity index (χ1v) is 9.42. The van der Waals surface area contributed by atoms with Crippen LogP contribution in [0.1, 0.15) is 30.1 Å². The average molecular weight is 381 g/mol. The van der Waals surface area contributed by atoms with Gasteiger partial charge in [0, 0.05) is 12.5 Å². The number of thiophene rings is 1. The summed E-state index contributed by atoms with van der Waals surface area (Å²) < 4.78 is 0. The summed E-state index contributed by atoms with van der Waals surface area (Å²) in [5.74, 6) is 0.222. The summed E-state index contributed by atoms with van der Waals surface area (Å²) >= 11 is 1.56. The number of hydrogen-bond acceptors (Lipinski definition) is 4. The highest BCUT2D eigenvalue weighted by atomic mass is 35.5. The van der Waals surface area contributed by atoms with Gasteiger partial charge in [0.1, 0.15) is 0 Å². The molecule has 0 aliphatic carbocycles. The van der Waals surface area contributed by atoms with E-state index in [0.29, 0.717) is 13.1 Å². The van der Waals surface area contributed by atoms with Gasteiger partial charge in [-0.3, -0.25) is 4.79 Å². The first kappa shape index (κ1) is 19.9. The van der Waals surface area contributed by atoms with Crippen LogP contribution in [0.4, 0.5) is 0 Å². The van der Waals surface area contributed by atoms with E-state index >= 15 is 0 Å². The molecule has 2 aromatic rings. The third-order valence-corrected chi connectivity index (χ3v) is 5.24. The Morgan fingerprint density at radius 2 is 1.96 bits per heavy atom. The summed E-state index contributed by atoms with van der Waals surface area (Å²) in [7, 11) is 0. The van der Waals surface area contributed by atoms with Crippen LogP contribution in [0.5, 0.6) is 0 Å². The van der Waals surface area contributed by atoms with Crippen molar-refractivity contribution in [3.8, 4) is 0 Å². The van der Waals surface area contributed by atoms with Crippen molar-refractivity contribution in [3.05, 3.63) is 58.3 Å². The van der Waals surface area contributed by atoms with E-state index in [-0.39, 0.29) is 24.2 Å². The predicted molar refractivity (Wildman–Crippen MR) is 104 cm³/mol. The van der Waals surface area contributed by atoms with Crippen molar-refractivity contribution in [3.63, 3.8) is 0 Å².